The van der Waals surface area contributed by atoms with E-state index < -0.39 is 11.5 Å². The molecule has 2 amide bonds. The molecule has 0 radical (unpaired) electrons. The number of thiazole rings is 1. The first-order valence-electron chi connectivity index (χ1n) is 10.7. The van der Waals surface area contributed by atoms with Crippen LogP contribution in [-0.4, -0.2) is 37.9 Å². The number of carbonyl (C=O) groups excluding carboxylic acids is 2. The second-order valence-electron chi connectivity index (χ2n) is 7.81. The summed E-state index contributed by atoms with van der Waals surface area (Å²) in [6.07, 6.45) is 3.26. The molecule has 3 aromatic heterocycles. The summed E-state index contributed by atoms with van der Waals surface area (Å²) in [6.45, 7) is -0.186. The monoisotopic (exact) mass is 480 g/mol. The molecule has 0 aliphatic carbocycles. The van der Waals surface area contributed by atoms with Crippen LogP contribution in [0.5, 0.6) is 0 Å². The Morgan fingerprint density at radius 3 is 2.54 bits per heavy atom. The summed E-state index contributed by atoms with van der Waals surface area (Å²) in [4.78, 5) is 49.8. The van der Waals surface area contributed by atoms with E-state index in [1.807, 2.05) is 24.3 Å². The summed E-state index contributed by atoms with van der Waals surface area (Å²) in [5.41, 5.74) is 2.32. The summed E-state index contributed by atoms with van der Waals surface area (Å²) >= 11 is 1.10. The molecule has 9 nitrogen and oxygen atoms in total. The van der Waals surface area contributed by atoms with Gasteiger partial charge in [0.2, 0.25) is 10.9 Å². The molecule has 0 spiro atoms. The quantitative estimate of drug-likeness (QED) is 0.422. The van der Waals surface area contributed by atoms with E-state index in [0.717, 1.165) is 11.3 Å². The first-order chi connectivity index (χ1) is 17.1. The molecule has 0 bridgehead atoms. The van der Waals surface area contributed by atoms with E-state index in [0.29, 0.717) is 33.3 Å². The van der Waals surface area contributed by atoms with Crippen molar-refractivity contribution in [1.29, 1.82) is 0 Å². The van der Waals surface area contributed by atoms with Crippen LogP contribution in [0.3, 0.4) is 0 Å². The average molecular weight is 481 g/mol. The molecule has 10 heteroatoms. The van der Waals surface area contributed by atoms with E-state index in [9.17, 15) is 14.4 Å². The number of para-hydroxylation sites is 2. The smallest absolute Gasteiger partial charge is 0.291 e. The van der Waals surface area contributed by atoms with Crippen molar-refractivity contribution < 1.29 is 9.59 Å². The number of nitrogens with one attached hydrogen (secondary N) is 1. The minimum atomic E-state index is -0.429. The maximum absolute atomic E-state index is 13.5. The van der Waals surface area contributed by atoms with E-state index in [4.69, 9.17) is 0 Å². The number of amides is 2. The lowest BCUT2D eigenvalue weighted by Gasteiger charge is -2.16. The topological polar surface area (TPSA) is 110 Å². The molecule has 1 N–H and O–H groups in total. The van der Waals surface area contributed by atoms with Gasteiger partial charge in [-0.3, -0.25) is 24.3 Å². The van der Waals surface area contributed by atoms with Crippen molar-refractivity contribution in [2.24, 2.45) is 0 Å². The fourth-order valence-electron chi connectivity index (χ4n) is 4.02. The third-order valence-electron chi connectivity index (χ3n) is 5.59. The number of hydrogen-bond donors (Lipinski definition) is 1. The number of fused-ring (bicyclic) bond motifs is 2. The predicted molar refractivity (Wildman–Crippen MR) is 132 cm³/mol. The number of benzene rings is 2. The zero-order valence-corrected chi connectivity index (χ0v) is 18.9. The van der Waals surface area contributed by atoms with Crippen LogP contribution in [0.1, 0.15) is 5.56 Å². The van der Waals surface area contributed by atoms with Gasteiger partial charge < -0.3 is 5.32 Å². The van der Waals surface area contributed by atoms with Crippen molar-refractivity contribution in [3.05, 3.63) is 99.6 Å². The van der Waals surface area contributed by atoms with Gasteiger partial charge in [0.1, 0.15) is 11.1 Å². The molecule has 0 fully saturated rings. The Labute approximate surface area is 202 Å². The molecule has 2 aromatic carbocycles. The van der Waals surface area contributed by atoms with Crippen molar-refractivity contribution in [3.63, 3.8) is 0 Å². The molecule has 1 aliphatic rings. The molecule has 1 aliphatic heterocycles. The van der Waals surface area contributed by atoms with E-state index in [1.165, 1.54) is 9.42 Å². The Morgan fingerprint density at radius 1 is 0.971 bits per heavy atom. The van der Waals surface area contributed by atoms with E-state index >= 15 is 0 Å². The van der Waals surface area contributed by atoms with Gasteiger partial charge in [-0.2, -0.15) is 9.50 Å². The molecule has 0 saturated carbocycles. The van der Waals surface area contributed by atoms with Crippen molar-refractivity contribution >= 4 is 45.1 Å². The third kappa shape index (κ3) is 3.56. The highest BCUT2D eigenvalue weighted by Crippen LogP contribution is 2.35. The molecule has 0 saturated heterocycles. The van der Waals surface area contributed by atoms with Gasteiger partial charge in [0, 0.05) is 29.2 Å². The zero-order valence-electron chi connectivity index (χ0n) is 18.1. The first kappa shape index (κ1) is 20.9. The highest BCUT2D eigenvalue weighted by molar-refractivity contribution is 7.15. The van der Waals surface area contributed by atoms with Crippen LogP contribution >= 0.6 is 11.3 Å². The number of carbonyl (C=O) groups is 2. The second-order valence-corrected chi connectivity index (χ2v) is 8.78. The standard InChI is InChI=1S/C25H16N6O3S/c32-19(27-16-8-2-1-3-9-16)14-30-18-11-5-4-10-17(18)20(23(30)33)21-24(34)31-25(35-21)28-22(29-31)15-7-6-12-26-13-15/h1-13H,14H2,(H,27,32)/b21-20-. The number of anilines is 2. The average Bonchev–Trinajstić information content (AvgIpc) is 3.51. The summed E-state index contributed by atoms with van der Waals surface area (Å²) in [7, 11) is 0. The van der Waals surface area contributed by atoms with Crippen LogP contribution in [0.4, 0.5) is 11.4 Å². The largest absolute Gasteiger partial charge is 0.325 e. The molecule has 6 rings (SSSR count). The Morgan fingerprint density at radius 2 is 1.77 bits per heavy atom. The van der Waals surface area contributed by atoms with Gasteiger partial charge in [0.15, 0.2) is 5.82 Å². The van der Waals surface area contributed by atoms with Gasteiger partial charge in [0.05, 0.1) is 11.3 Å². The molecule has 0 unspecified atom stereocenters. The van der Waals surface area contributed by atoms with Crippen LogP contribution in [-0.2, 0) is 9.59 Å². The lowest BCUT2D eigenvalue weighted by atomic mass is 10.1. The summed E-state index contributed by atoms with van der Waals surface area (Å²) in [5.74, 6) is -0.370. The normalized spacial score (nSPS) is 14.4. The Kier molecular flexibility index (Phi) is 4.93. The molecule has 5 aromatic rings. The van der Waals surface area contributed by atoms with Crippen LogP contribution in [0.25, 0.3) is 21.9 Å². The van der Waals surface area contributed by atoms with Crippen LogP contribution in [0.15, 0.2) is 83.9 Å². The summed E-state index contributed by atoms with van der Waals surface area (Å²) in [5, 5.41) is 7.13. The number of nitrogens with zero attached hydrogens (tertiary/aromatic N) is 5. The minimum Gasteiger partial charge on any atom is -0.325 e. The zero-order chi connectivity index (χ0) is 23.9. The molecule has 35 heavy (non-hydrogen) atoms. The van der Waals surface area contributed by atoms with Crippen molar-refractivity contribution in [2.75, 3.05) is 16.8 Å². The van der Waals surface area contributed by atoms with E-state index in [2.05, 4.69) is 20.4 Å². The molecular formula is C25H16N6O3S. The fourth-order valence-corrected chi connectivity index (χ4v) is 5.02. The number of aromatic nitrogens is 4. The number of pyridine rings is 1. The lowest BCUT2D eigenvalue weighted by molar-refractivity contribution is -0.118. The maximum Gasteiger partial charge on any atom is 0.291 e. The van der Waals surface area contributed by atoms with Crippen LogP contribution < -0.4 is 20.3 Å². The molecule has 0 atom stereocenters. The third-order valence-corrected chi connectivity index (χ3v) is 6.62. The highest BCUT2D eigenvalue weighted by Gasteiger charge is 2.35. The van der Waals surface area contributed by atoms with Gasteiger partial charge in [-0.1, -0.05) is 47.7 Å². The fraction of sp³-hybridized carbons (Fsp3) is 0.0400. The van der Waals surface area contributed by atoms with Crippen molar-refractivity contribution in [3.8, 4) is 11.4 Å². The van der Waals surface area contributed by atoms with Gasteiger partial charge in [-0.25, -0.2) is 0 Å². The SMILES string of the molecule is O=C(CN1C(=O)/C(=c2\sc3nc(-c4cccnc4)nn3c2=O)c2ccccc21)Nc1ccccc1. The summed E-state index contributed by atoms with van der Waals surface area (Å²) in [6, 6.07) is 19.7. The molecular weight excluding hydrogens is 464 g/mol. The van der Waals surface area contributed by atoms with Crippen LogP contribution in [0.2, 0.25) is 0 Å². The lowest BCUT2D eigenvalue weighted by Crippen LogP contribution is -2.37. The maximum atomic E-state index is 13.5. The highest BCUT2D eigenvalue weighted by atomic mass is 32.1. The Balaban J connectivity index is 1.41. The van der Waals surface area contributed by atoms with Gasteiger partial charge in [0.25, 0.3) is 11.5 Å². The van der Waals surface area contributed by atoms with Crippen molar-refractivity contribution in [2.45, 2.75) is 0 Å². The Hall–Kier alpha value is -4.70. The molecule has 170 valence electrons. The van der Waals surface area contributed by atoms with Gasteiger partial charge in [-0.05, 0) is 30.3 Å². The first-order valence-corrected chi connectivity index (χ1v) is 11.5. The number of rotatable bonds is 4. The Bertz CT molecular complexity index is 1710. The van der Waals surface area contributed by atoms with E-state index in [1.54, 1.807) is 54.9 Å². The van der Waals surface area contributed by atoms with E-state index in [-0.39, 0.29) is 22.6 Å². The summed E-state index contributed by atoms with van der Waals surface area (Å²) < 4.78 is 1.44. The van der Waals surface area contributed by atoms with Crippen molar-refractivity contribution in [1.82, 2.24) is 19.6 Å². The minimum absolute atomic E-state index is 0.186. The molecule has 4 heterocycles. The van der Waals surface area contributed by atoms with Gasteiger partial charge in [-0.15, -0.1) is 5.10 Å². The van der Waals surface area contributed by atoms with Crippen LogP contribution in [0, 0.1) is 0 Å². The number of hydrogen-bond acceptors (Lipinski definition) is 7. The second kappa shape index (κ2) is 8.26. The predicted octanol–water partition coefficient (Wildman–Crippen LogP) is 2.12. The van der Waals surface area contributed by atoms with Gasteiger partial charge >= 0.3 is 0 Å².